The van der Waals surface area contributed by atoms with Crippen LogP contribution in [0.4, 0.5) is 0 Å². The minimum Gasteiger partial charge on any atom is -0.492 e. The molecule has 0 heterocycles. The lowest BCUT2D eigenvalue weighted by Gasteiger charge is -2.11. The Kier molecular flexibility index (Phi) is 6.89. The van der Waals surface area contributed by atoms with E-state index in [1.165, 1.54) is 0 Å². The quantitative estimate of drug-likeness (QED) is 0.549. The fourth-order valence-corrected chi connectivity index (χ4v) is 1.41. The van der Waals surface area contributed by atoms with Gasteiger partial charge in [0, 0.05) is 32.2 Å². The zero-order valence-electron chi connectivity index (χ0n) is 10.2. The number of terminal acetylenes is 1. The largest absolute Gasteiger partial charge is 0.492 e. The maximum absolute atomic E-state index is 5.62. The van der Waals surface area contributed by atoms with Crippen LogP contribution in [0.15, 0.2) is 24.3 Å². The van der Waals surface area contributed by atoms with Gasteiger partial charge in [-0.25, -0.2) is 0 Å². The zero-order valence-corrected chi connectivity index (χ0v) is 10.2. The zero-order chi connectivity index (χ0) is 12.3. The molecule has 0 spiro atoms. The van der Waals surface area contributed by atoms with Crippen LogP contribution in [0.1, 0.15) is 12.0 Å². The molecule has 0 aromatic heterocycles. The van der Waals surface area contributed by atoms with E-state index < -0.39 is 0 Å². The van der Waals surface area contributed by atoms with Gasteiger partial charge in [-0.2, -0.15) is 0 Å². The fourth-order valence-electron chi connectivity index (χ4n) is 1.41. The maximum atomic E-state index is 5.62. The van der Waals surface area contributed by atoms with E-state index in [1.54, 1.807) is 7.11 Å². The van der Waals surface area contributed by atoms with Crippen molar-refractivity contribution in [2.45, 2.75) is 13.0 Å². The van der Waals surface area contributed by atoms with Crippen molar-refractivity contribution >= 4 is 0 Å². The van der Waals surface area contributed by atoms with Crippen molar-refractivity contribution in [3.8, 4) is 18.1 Å². The molecule has 0 saturated carbocycles. The van der Waals surface area contributed by atoms with Crippen LogP contribution in [0.25, 0.3) is 0 Å². The summed E-state index contributed by atoms with van der Waals surface area (Å²) in [5.74, 6) is 3.46. The Labute approximate surface area is 103 Å². The molecular formula is C14H19NO2. The van der Waals surface area contributed by atoms with E-state index in [0.29, 0.717) is 19.6 Å². The summed E-state index contributed by atoms with van der Waals surface area (Å²) in [7, 11) is 1.69. The minimum atomic E-state index is 0.561. The minimum absolute atomic E-state index is 0.561. The van der Waals surface area contributed by atoms with E-state index in [0.717, 1.165) is 24.4 Å². The highest BCUT2D eigenvalue weighted by Gasteiger charge is 2.01. The second-order valence-corrected chi connectivity index (χ2v) is 3.58. The summed E-state index contributed by atoms with van der Waals surface area (Å²) in [4.78, 5) is 0. The molecule has 1 aromatic carbocycles. The molecule has 92 valence electrons. The highest BCUT2D eigenvalue weighted by Crippen LogP contribution is 2.17. The number of benzene rings is 1. The first-order valence-electron chi connectivity index (χ1n) is 5.72. The molecule has 0 bridgehead atoms. The average Bonchev–Trinajstić information content (AvgIpc) is 2.36. The lowest BCUT2D eigenvalue weighted by atomic mass is 10.2. The highest BCUT2D eigenvalue weighted by atomic mass is 16.5. The van der Waals surface area contributed by atoms with Crippen molar-refractivity contribution in [3.05, 3.63) is 29.8 Å². The molecule has 0 aliphatic carbocycles. The Bertz CT molecular complexity index is 357. The predicted molar refractivity (Wildman–Crippen MR) is 69.0 cm³/mol. The Balaban J connectivity index is 2.43. The standard InChI is InChI=1S/C14H19NO2/c1-3-4-10-17-14-8-6-5-7-13(14)12-15-9-11-16-2/h1,5-8,15H,4,9-12H2,2H3. The Morgan fingerprint density at radius 2 is 2.12 bits per heavy atom. The molecule has 0 atom stereocenters. The van der Waals surface area contributed by atoms with Crippen LogP contribution in [-0.4, -0.2) is 26.9 Å². The van der Waals surface area contributed by atoms with E-state index in [9.17, 15) is 0 Å². The van der Waals surface area contributed by atoms with E-state index in [4.69, 9.17) is 15.9 Å². The van der Waals surface area contributed by atoms with E-state index >= 15 is 0 Å². The van der Waals surface area contributed by atoms with Gasteiger partial charge in [-0.1, -0.05) is 18.2 Å². The van der Waals surface area contributed by atoms with Crippen molar-refractivity contribution < 1.29 is 9.47 Å². The van der Waals surface area contributed by atoms with Crippen LogP contribution in [-0.2, 0) is 11.3 Å². The first-order chi connectivity index (χ1) is 8.38. The molecular weight excluding hydrogens is 214 g/mol. The summed E-state index contributed by atoms with van der Waals surface area (Å²) < 4.78 is 10.6. The number of nitrogens with one attached hydrogen (secondary N) is 1. The first kappa shape index (κ1) is 13.6. The number of rotatable bonds is 8. The van der Waals surface area contributed by atoms with Gasteiger partial charge in [0.25, 0.3) is 0 Å². The van der Waals surface area contributed by atoms with Crippen LogP contribution >= 0.6 is 0 Å². The lowest BCUT2D eigenvalue weighted by Crippen LogP contribution is -2.19. The van der Waals surface area contributed by atoms with Crippen molar-refractivity contribution in [1.29, 1.82) is 0 Å². The lowest BCUT2D eigenvalue weighted by molar-refractivity contribution is 0.199. The topological polar surface area (TPSA) is 30.5 Å². The number of para-hydroxylation sites is 1. The third kappa shape index (κ3) is 5.39. The molecule has 1 aromatic rings. The second-order valence-electron chi connectivity index (χ2n) is 3.58. The summed E-state index contributed by atoms with van der Waals surface area (Å²) in [5.41, 5.74) is 1.14. The maximum Gasteiger partial charge on any atom is 0.123 e. The highest BCUT2D eigenvalue weighted by molar-refractivity contribution is 5.33. The van der Waals surface area contributed by atoms with Gasteiger partial charge in [0.05, 0.1) is 13.2 Å². The molecule has 0 aliphatic rings. The molecule has 17 heavy (non-hydrogen) atoms. The second kappa shape index (κ2) is 8.63. The van der Waals surface area contributed by atoms with Gasteiger partial charge in [-0.3, -0.25) is 0 Å². The molecule has 3 heteroatoms. The average molecular weight is 233 g/mol. The summed E-state index contributed by atoms with van der Waals surface area (Å²) in [6.07, 6.45) is 5.82. The number of methoxy groups -OCH3 is 1. The van der Waals surface area contributed by atoms with Gasteiger partial charge in [0.2, 0.25) is 0 Å². The predicted octanol–water partition coefficient (Wildman–Crippen LogP) is 1.82. The number of ether oxygens (including phenoxy) is 2. The van der Waals surface area contributed by atoms with Gasteiger partial charge in [0.1, 0.15) is 5.75 Å². The van der Waals surface area contributed by atoms with Gasteiger partial charge >= 0.3 is 0 Å². The van der Waals surface area contributed by atoms with Crippen molar-refractivity contribution in [2.75, 3.05) is 26.9 Å². The van der Waals surface area contributed by atoms with E-state index in [1.807, 2.05) is 24.3 Å². The monoisotopic (exact) mass is 233 g/mol. The van der Waals surface area contributed by atoms with E-state index in [2.05, 4.69) is 11.2 Å². The first-order valence-corrected chi connectivity index (χ1v) is 5.72. The van der Waals surface area contributed by atoms with Crippen LogP contribution in [0.5, 0.6) is 5.75 Å². The van der Waals surface area contributed by atoms with Crippen LogP contribution in [0.2, 0.25) is 0 Å². The van der Waals surface area contributed by atoms with Gasteiger partial charge in [0.15, 0.2) is 0 Å². The van der Waals surface area contributed by atoms with Gasteiger partial charge < -0.3 is 14.8 Å². The van der Waals surface area contributed by atoms with Gasteiger partial charge in [-0.05, 0) is 6.07 Å². The SMILES string of the molecule is C#CCCOc1ccccc1CNCCOC. The summed E-state index contributed by atoms with van der Waals surface area (Å²) in [6, 6.07) is 7.97. The molecule has 1 rings (SSSR count). The van der Waals surface area contributed by atoms with Gasteiger partial charge in [-0.15, -0.1) is 12.3 Å². The molecule has 0 amide bonds. The molecule has 0 radical (unpaired) electrons. The van der Waals surface area contributed by atoms with Crippen LogP contribution < -0.4 is 10.1 Å². The van der Waals surface area contributed by atoms with E-state index in [-0.39, 0.29) is 0 Å². The summed E-state index contributed by atoms with van der Waals surface area (Å²) in [5, 5.41) is 3.29. The smallest absolute Gasteiger partial charge is 0.123 e. The Morgan fingerprint density at radius 3 is 2.88 bits per heavy atom. The molecule has 1 N–H and O–H groups in total. The third-order valence-electron chi connectivity index (χ3n) is 2.27. The number of hydrogen-bond donors (Lipinski definition) is 1. The third-order valence-corrected chi connectivity index (χ3v) is 2.27. The molecule has 0 fully saturated rings. The Hall–Kier alpha value is -1.50. The molecule has 0 saturated heterocycles. The van der Waals surface area contributed by atoms with Crippen LogP contribution in [0.3, 0.4) is 0 Å². The Morgan fingerprint density at radius 1 is 1.29 bits per heavy atom. The van der Waals surface area contributed by atoms with Crippen molar-refractivity contribution in [2.24, 2.45) is 0 Å². The van der Waals surface area contributed by atoms with Crippen molar-refractivity contribution in [1.82, 2.24) is 5.32 Å². The summed E-state index contributed by atoms with van der Waals surface area (Å²) >= 11 is 0. The number of hydrogen-bond acceptors (Lipinski definition) is 3. The molecule has 0 unspecified atom stereocenters. The molecule has 0 aliphatic heterocycles. The normalized spacial score (nSPS) is 9.88. The fraction of sp³-hybridized carbons (Fsp3) is 0.429. The molecule has 3 nitrogen and oxygen atoms in total. The van der Waals surface area contributed by atoms with Crippen LogP contribution in [0, 0.1) is 12.3 Å². The van der Waals surface area contributed by atoms with Crippen molar-refractivity contribution in [3.63, 3.8) is 0 Å². The summed E-state index contributed by atoms with van der Waals surface area (Å²) in [6.45, 7) is 2.87.